The van der Waals surface area contributed by atoms with Gasteiger partial charge in [0.1, 0.15) is 5.75 Å². The van der Waals surface area contributed by atoms with Gasteiger partial charge in [0.05, 0.1) is 12.7 Å². The molecule has 0 amide bonds. The summed E-state index contributed by atoms with van der Waals surface area (Å²) in [6.07, 6.45) is 6.14. The standard InChI is InChI=1S/C15H22O2/c1-2-14(16)6-4-3-5-12-7-8-15-13(11-12)9-10-17-15/h7-8,11,14,16H,2-6,9-10H2,1H3. The van der Waals surface area contributed by atoms with Crippen LogP contribution in [-0.4, -0.2) is 17.8 Å². The van der Waals surface area contributed by atoms with E-state index in [1.807, 2.05) is 6.92 Å². The molecule has 1 unspecified atom stereocenters. The molecule has 0 spiro atoms. The van der Waals surface area contributed by atoms with Crippen LogP contribution >= 0.6 is 0 Å². The highest BCUT2D eigenvalue weighted by Crippen LogP contribution is 2.26. The van der Waals surface area contributed by atoms with Gasteiger partial charge in [0.15, 0.2) is 0 Å². The predicted octanol–water partition coefficient (Wildman–Crippen LogP) is 3.11. The molecule has 1 aromatic rings. The molecule has 1 atom stereocenters. The smallest absolute Gasteiger partial charge is 0.122 e. The average Bonchev–Trinajstić information content (AvgIpc) is 2.81. The summed E-state index contributed by atoms with van der Waals surface area (Å²) in [6, 6.07) is 6.54. The number of aliphatic hydroxyl groups is 1. The Balaban J connectivity index is 1.76. The molecule has 0 fully saturated rings. The molecule has 1 aromatic carbocycles. The lowest BCUT2D eigenvalue weighted by Crippen LogP contribution is -2.03. The summed E-state index contributed by atoms with van der Waals surface area (Å²) in [5.74, 6) is 1.06. The quantitative estimate of drug-likeness (QED) is 0.766. The summed E-state index contributed by atoms with van der Waals surface area (Å²) in [7, 11) is 0. The van der Waals surface area contributed by atoms with Crippen molar-refractivity contribution in [1.29, 1.82) is 0 Å². The van der Waals surface area contributed by atoms with Gasteiger partial charge in [-0.05, 0) is 42.9 Å². The molecule has 17 heavy (non-hydrogen) atoms. The normalized spacial score (nSPS) is 15.4. The molecule has 94 valence electrons. The Morgan fingerprint density at radius 3 is 3.06 bits per heavy atom. The largest absolute Gasteiger partial charge is 0.493 e. The van der Waals surface area contributed by atoms with E-state index in [1.165, 1.54) is 11.1 Å². The first kappa shape index (κ1) is 12.4. The average molecular weight is 234 g/mol. The number of hydrogen-bond acceptors (Lipinski definition) is 2. The maximum Gasteiger partial charge on any atom is 0.122 e. The van der Waals surface area contributed by atoms with Crippen molar-refractivity contribution < 1.29 is 9.84 Å². The number of unbranched alkanes of at least 4 members (excludes halogenated alkanes) is 1. The van der Waals surface area contributed by atoms with Crippen LogP contribution in [0.4, 0.5) is 0 Å². The van der Waals surface area contributed by atoms with Gasteiger partial charge in [-0.15, -0.1) is 0 Å². The van der Waals surface area contributed by atoms with Crippen LogP contribution in [0.3, 0.4) is 0 Å². The molecule has 0 bridgehead atoms. The molecular weight excluding hydrogens is 212 g/mol. The van der Waals surface area contributed by atoms with E-state index in [0.29, 0.717) is 0 Å². The number of rotatable bonds is 6. The Kier molecular flexibility index (Phi) is 4.43. The van der Waals surface area contributed by atoms with Gasteiger partial charge in [-0.3, -0.25) is 0 Å². The number of fused-ring (bicyclic) bond motifs is 1. The SMILES string of the molecule is CCC(O)CCCCc1ccc2c(c1)CCO2. The molecule has 2 nitrogen and oxygen atoms in total. The van der Waals surface area contributed by atoms with Crippen LogP contribution in [0.2, 0.25) is 0 Å². The summed E-state index contributed by atoms with van der Waals surface area (Å²) < 4.78 is 5.49. The zero-order valence-corrected chi connectivity index (χ0v) is 10.6. The minimum atomic E-state index is -0.108. The molecule has 1 aliphatic rings. The summed E-state index contributed by atoms with van der Waals surface area (Å²) >= 11 is 0. The Hall–Kier alpha value is -1.02. The van der Waals surface area contributed by atoms with E-state index >= 15 is 0 Å². The zero-order valence-electron chi connectivity index (χ0n) is 10.6. The van der Waals surface area contributed by atoms with E-state index in [1.54, 1.807) is 0 Å². The van der Waals surface area contributed by atoms with Crippen molar-refractivity contribution in [2.75, 3.05) is 6.61 Å². The fourth-order valence-corrected chi connectivity index (χ4v) is 2.31. The second-order valence-electron chi connectivity index (χ2n) is 4.85. The molecule has 0 saturated heterocycles. The van der Waals surface area contributed by atoms with Crippen LogP contribution in [-0.2, 0) is 12.8 Å². The van der Waals surface area contributed by atoms with E-state index in [9.17, 15) is 5.11 Å². The summed E-state index contributed by atoms with van der Waals surface area (Å²) in [5.41, 5.74) is 2.76. The number of aliphatic hydroxyl groups excluding tert-OH is 1. The lowest BCUT2D eigenvalue weighted by atomic mass is 10.0. The van der Waals surface area contributed by atoms with Crippen molar-refractivity contribution in [2.24, 2.45) is 0 Å². The van der Waals surface area contributed by atoms with Crippen molar-refractivity contribution in [3.8, 4) is 5.75 Å². The van der Waals surface area contributed by atoms with Gasteiger partial charge in [-0.25, -0.2) is 0 Å². The van der Waals surface area contributed by atoms with Crippen LogP contribution in [0.5, 0.6) is 5.75 Å². The van der Waals surface area contributed by atoms with E-state index < -0.39 is 0 Å². The van der Waals surface area contributed by atoms with Crippen LogP contribution in [0.15, 0.2) is 18.2 Å². The van der Waals surface area contributed by atoms with Gasteiger partial charge < -0.3 is 9.84 Å². The maximum absolute atomic E-state index is 9.47. The lowest BCUT2D eigenvalue weighted by Gasteiger charge is -2.07. The minimum Gasteiger partial charge on any atom is -0.493 e. The van der Waals surface area contributed by atoms with Crippen molar-refractivity contribution in [1.82, 2.24) is 0 Å². The molecule has 0 aliphatic carbocycles. The van der Waals surface area contributed by atoms with Gasteiger partial charge >= 0.3 is 0 Å². The second kappa shape index (κ2) is 6.06. The summed E-state index contributed by atoms with van der Waals surface area (Å²) in [5, 5.41) is 9.47. The highest BCUT2D eigenvalue weighted by atomic mass is 16.5. The fourth-order valence-electron chi connectivity index (χ4n) is 2.31. The highest BCUT2D eigenvalue weighted by Gasteiger charge is 2.11. The van der Waals surface area contributed by atoms with E-state index in [0.717, 1.165) is 50.9 Å². The van der Waals surface area contributed by atoms with Crippen molar-refractivity contribution in [3.05, 3.63) is 29.3 Å². The van der Waals surface area contributed by atoms with Crippen molar-refractivity contribution in [2.45, 2.75) is 51.6 Å². The van der Waals surface area contributed by atoms with Gasteiger partial charge in [-0.1, -0.05) is 25.5 Å². The van der Waals surface area contributed by atoms with E-state index in [-0.39, 0.29) is 6.10 Å². The fraction of sp³-hybridized carbons (Fsp3) is 0.600. The second-order valence-corrected chi connectivity index (χ2v) is 4.85. The molecule has 0 aromatic heterocycles. The first-order chi connectivity index (χ1) is 8.29. The zero-order chi connectivity index (χ0) is 12.1. The third-order valence-electron chi connectivity index (χ3n) is 3.48. The molecule has 2 heteroatoms. The minimum absolute atomic E-state index is 0.108. The van der Waals surface area contributed by atoms with E-state index in [2.05, 4.69) is 18.2 Å². The number of ether oxygens (including phenoxy) is 1. The first-order valence-corrected chi connectivity index (χ1v) is 6.72. The van der Waals surface area contributed by atoms with Crippen LogP contribution in [0.25, 0.3) is 0 Å². The first-order valence-electron chi connectivity index (χ1n) is 6.72. The molecule has 2 rings (SSSR count). The van der Waals surface area contributed by atoms with Crippen molar-refractivity contribution >= 4 is 0 Å². The van der Waals surface area contributed by atoms with Crippen LogP contribution in [0.1, 0.15) is 43.7 Å². The van der Waals surface area contributed by atoms with Crippen molar-refractivity contribution in [3.63, 3.8) is 0 Å². The number of benzene rings is 1. The third kappa shape index (κ3) is 3.47. The Bertz CT molecular complexity index is 360. The molecule has 0 radical (unpaired) electrons. The van der Waals surface area contributed by atoms with Gasteiger partial charge in [0, 0.05) is 6.42 Å². The highest BCUT2D eigenvalue weighted by molar-refractivity contribution is 5.39. The Labute approximate surface area is 104 Å². The van der Waals surface area contributed by atoms with Gasteiger partial charge in [-0.2, -0.15) is 0 Å². The number of hydrogen-bond donors (Lipinski definition) is 1. The summed E-state index contributed by atoms with van der Waals surface area (Å²) in [6.45, 7) is 2.87. The van der Waals surface area contributed by atoms with Crippen LogP contribution < -0.4 is 4.74 Å². The Morgan fingerprint density at radius 2 is 2.24 bits per heavy atom. The monoisotopic (exact) mass is 234 g/mol. The van der Waals surface area contributed by atoms with Gasteiger partial charge in [0.25, 0.3) is 0 Å². The molecule has 1 heterocycles. The third-order valence-corrected chi connectivity index (χ3v) is 3.48. The number of aryl methyl sites for hydroxylation is 1. The molecule has 1 N–H and O–H groups in total. The molecular formula is C15H22O2. The molecule has 0 saturated carbocycles. The van der Waals surface area contributed by atoms with Crippen LogP contribution in [0, 0.1) is 0 Å². The summed E-state index contributed by atoms with van der Waals surface area (Å²) in [4.78, 5) is 0. The molecule has 1 aliphatic heterocycles. The predicted molar refractivity (Wildman–Crippen MR) is 69.5 cm³/mol. The lowest BCUT2D eigenvalue weighted by molar-refractivity contribution is 0.157. The topological polar surface area (TPSA) is 29.5 Å². The Morgan fingerprint density at radius 1 is 1.35 bits per heavy atom. The van der Waals surface area contributed by atoms with E-state index in [4.69, 9.17) is 4.74 Å². The van der Waals surface area contributed by atoms with Gasteiger partial charge in [0.2, 0.25) is 0 Å². The maximum atomic E-state index is 9.47.